The van der Waals surface area contributed by atoms with Crippen LogP contribution < -0.4 is 5.32 Å². The maximum absolute atomic E-state index is 3.75. The highest BCUT2D eigenvalue weighted by Crippen LogP contribution is 2.25. The summed E-state index contributed by atoms with van der Waals surface area (Å²) < 4.78 is 0. The number of rotatable bonds is 3. The van der Waals surface area contributed by atoms with E-state index in [0.29, 0.717) is 6.04 Å². The van der Waals surface area contributed by atoms with Gasteiger partial charge >= 0.3 is 0 Å². The fraction of sp³-hybridized carbons (Fsp3) is 0.684. The largest absolute Gasteiger partial charge is 0.310 e. The number of nitrogens with one attached hydrogen (secondary N) is 1. The van der Waals surface area contributed by atoms with Crippen LogP contribution in [0.25, 0.3) is 0 Å². The lowest BCUT2D eigenvalue weighted by atomic mass is 9.98. The van der Waals surface area contributed by atoms with Gasteiger partial charge in [-0.15, -0.1) is 0 Å². The van der Waals surface area contributed by atoms with Crippen molar-refractivity contribution in [2.75, 3.05) is 13.1 Å². The van der Waals surface area contributed by atoms with Crippen LogP contribution in [0.2, 0.25) is 0 Å². The second kappa shape index (κ2) is 6.10. The van der Waals surface area contributed by atoms with Crippen LogP contribution in [0.4, 0.5) is 0 Å². The van der Waals surface area contributed by atoms with E-state index in [0.717, 1.165) is 19.6 Å². The zero-order valence-corrected chi connectivity index (χ0v) is 13.9. The summed E-state index contributed by atoms with van der Waals surface area (Å²) in [5, 5.41) is 3.75. The van der Waals surface area contributed by atoms with Crippen LogP contribution in [0.1, 0.15) is 56.7 Å². The number of hydrogen-bond donors (Lipinski definition) is 1. The monoisotopic (exact) mass is 286 g/mol. The average Bonchev–Trinajstić information content (AvgIpc) is 2.88. The molecule has 21 heavy (non-hydrogen) atoms. The van der Waals surface area contributed by atoms with Crippen molar-refractivity contribution in [1.82, 2.24) is 10.2 Å². The van der Waals surface area contributed by atoms with Gasteiger partial charge in [0, 0.05) is 24.7 Å². The summed E-state index contributed by atoms with van der Waals surface area (Å²) in [6.45, 7) is 10.5. The standard InChI is InChI=1S/C19H30N2/c1-4-19(3)14-21(15(2)10-11-20-19)13-16-8-9-17-6-5-7-18(17)12-16/h8-9,12,15,20H,4-7,10-11,13-14H2,1-3H3. The van der Waals surface area contributed by atoms with Crippen LogP contribution in [0, 0.1) is 0 Å². The van der Waals surface area contributed by atoms with Crippen molar-refractivity contribution in [2.45, 2.75) is 71.0 Å². The molecule has 2 nitrogen and oxygen atoms in total. The van der Waals surface area contributed by atoms with Crippen molar-refractivity contribution in [3.8, 4) is 0 Å². The van der Waals surface area contributed by atoms with Gasteiger partial charge in [-0.1, -0.05) is 25.1 Å². The molecule has 0 aromatic heterocycles. The molecule has 2 unspecified atom stereocenters. The van der Waals surface area contributed by atoms with Crippen LogP contribution in [0.3, 0.4) is 0 Å². The number of fused-ring (bicyclic) bond motifs is 1. The first kappa shape index (κ1) is 15.1. The lowest BCUT2D eigenvalue weighted by Gasteiger charge is -2.35. The Labute approximate surface area is 129 Å². The predicted molar refractivity (Wildman–Crippen MR) is 89.7 cm³/mol. The molecule has 0 saturated carbocycles. The number of benzene rings is 1. The summed E-state index contributed by atoms with van der Waals surface area (Å²) in [7, 11) is 0. The fourth-order valence-electron chi connectivity index (χ4n) is 3.83. The van der Waals surface area contributed by atoms with Crippen molar-refractivity contribution in [1.29, 1.82) is 0 Å². The molecule has 1 aromatic rings. The molecule has 1 heterocycles. The maximum Gasteiger partial charge on any atom is 0.0278 e. The molecular weight excluding hydrogens is 256 g/mol. The molecule has 1 N–H and O–H groups in total. The molecule has 2 aliphatic rings. The minimum Gasteiger partial charge on any atom is -0.310 e. The van der Waals surface area contributed by atoms with E-state index < -0.39 is 0 Å². The highest BCUT2D eigenvalue weighted by atomic mass is 15.2. The SMILES string of the molecule is CCC1(C)CN(Cc2ccc3c(c2)CCC3)C(C)CCN1. The van der Waals surface area contributed by atoms with Gasteiger partial charge in [-0.3, -0.25) is 4.90 Å². The van der Waals surface area contributed by atoms with E-state index in [1.54, 1.807) is 11.1 Å². The Balaban J connectivity index is 1.75. The Morgan fingerprint density at radius 1 is 1.29 bits per heavy atom. The minimum atomic E-state index is 0.265. The molecule has 1 aromatic carbocycles. The first-order valence-corrected chi connectivity index (χ1v) is 8.69. The molecule has 1 fully saturated rings. The van der Waals surface area contributed by atoms with Crippen molar-refractivity contribution in [3.63, 3.8) is 0 Å². The Morgan fingerprint density at radius 3 is 2.90 bits per heavy atom. The van der Waals surface area contributed by atoms with Crippen LogP contribution in [-0.2, 0) is 19.4 Å². The summed E-state index contributed by atoms with van der Waals surface area (Å²) in [5.74, 6) is 0. The Bertz CT molecular complexity index is 496. The molecule has 116 valence electrons. The van der Waals surface area contributed by atoms with Gasteiger partial charge in [0.1, 0.15) is 0 Å². The molecule has 0 spiro atoms. The van der Waals surface area contributed by atoms with Crippen molar-refractivity contribution in [3.05, 3.63) is 34.9 Å². The van der Waals surface area contributed by atoms with Gasteiger partial charge in [0.05, 0.1) is 0 Å². The third-order valence-electron chi connectivity index (χ3n) is 5.62. The van der Waals surface area contributed by atoms with E-state index in [-0.39, 0.29) is 5.54 Å². The molecule has 3 rings (SSSR count). The molecule has 2 heteroatoms. The fourth-order valence-corrected chi connectivity index (χ4v) is 3.83. The van der Waals surface area contributed by atoms with Crippen molar-refractivity contribution in [2.24, 2.45) is 0 Å². The molecule has 0 amide bonds. The lowest BCUT2D eigenvalue weighted by molar-refractivity contribution is 0.163. The quantitative estimate of drug-likeness (QED) is 0.914. The molecule has 2 atom stereocenters. The molecular formula is C19H30N2. The summed E-state index contributed by atoms with van der Waals surface area (Å²) >= 11 is 0. The Kier molecular flexibility index (Phi) is 4.37. The van der Waals surface area contributed by atoms with Gasteiger partial charge in [0.15, 0.2) is 0 Å². The van der Waals surface area contributed by atoms with Gasteiger partial charge in [0.25, 0.3) is 0 Å². The summed E-state index contributed by atoms with van der Waals surface area (Å²) in [6, 6.07) is 7.87. The van der Waals surface area contributed by atoms with Crippen molar-refractivity contribution >= 4 is 0 Å². The second-order valence-electron chi connectivity index (χ2n) is 7.34. The highest BCUT2D eigenvalue weighted by Gasteiger charge is 2.30. The number of aryl methyl sites for hydroxylation is 2. The third kappa shape index (κ3) is 3.32. The third-order valence-corrected chi connectivity index (χ3v) is 5.62. The predicted octanol–water partition coefficient (Wildman–Crippen LogP) is 3.53. The zero-order valence-electron chi connectivity index (χ0n) is 13.9. The van der Waals surface area contributed by atoms with E-state index in [1.807, 2.05) is 0 Å². The topological polar surface area (TPSA) is 15.3 Å². The number of nitrogens with zero attached hydrogens (tertiary/aromatic N) is 1. The number of hydrogen-bond acceptors (Lipinski definition) is 2. The van der Waals surface area contributed by atoms with Crippen LogP contribution in [0.15, 0.2) is 18.2 Å². The first-order chi connectivity index (χ1) is 10.1. The Hall–Kier alpha value is -0.860. The van der Waals surface area contributed by atoms with E-state index in [9.17, 15) is 0 Å². The van der Waals surface area contributed by atoms with E-state index in [4.69, 9.17) is 0 Å². The lowest BCUT2D eigenvalue weighted by Crippen LogP contribution is -2.49. The molecule has 1 saturated heterocycles. The molecule has 0 radical (unpaired) electrons. The van der Waals surface area contributed by atoms with Crippen molar-refractivity contribution < 1.29 is 0 Å². The smallest absolute Gasteiger partial charge is 0.0278 e. The molecule has 1 aliphatic heterocycles. The van der Waals surface area contributed by atoms with Gasteiger partial charge in [-0.2, -0.15) is 0 Å². The summed E-state index contributed by atoms with van der Waals surface area (Å²) in [4.78, 5) is 2.68. The maximum atomic E-state index is 3.75. The normalized spacial score (nSPS) is 30.1. The van der Waals surface area contributed by atoms with Gasteiger partial charge in [-0.05, 0) is 69.2 Å². The highest BCUT2D eigenvalue weighted by molar-refractivity contribution is 5.35. The second-order valence-corrected chi connectivity index (χ2v) is 7.34. The van der Waals surface area contributed by atoms with E-state index in [2.05, 4.69) is 49.2 Å². The van der Waals surface area contributed by atoms with E-state index >= 15 is 0 Å². The zero-order chi connectivity index (χ0) is 14.9. The van der Waals surface area contributed by atoms with Crippen LogP contribution in [-0.4, -0.2) is 29.6 Å². The van der Waals surface area contributed by atoms with E-state index in [1.165, 1.54) is 37.7 Å². The van der Waals surface area contributed by atoms with Crippen LogP contribution >= 0.6 is 0 Å². The summed E-state index contributed by atoms with van der Waals surface area (Å²) in [6.07, 6.45) is 6.36. The minimum absolute atomic E-state index is 0.265. The summed E-state index contributed by atoms with van der Waals surface area (Å²) in [5.41, 5.74) is 4.96. The molecule has 0 bridgehead atoms. The van der Waals surface area contributed by atoms with Gasteiger partial charge < -0.3 is 5.32 Å². The van der Waals surface area contributed by atoms with Gasteiger partial charge in [-0.25, -0.2) is 0 Å². The van der Waals surface area contributed by atoms with Gasteiger partial charge in [0.2, 0.25) is 0 Å². The Morgan fingerprint density at radius 2 is 2.10 bits per heavy atom. The van der Waals surface area contributed by atoms with Crippen LogP contribution in [0.5, 0.6) is 0 Å². The molecule has 1 aliphatic carbocycles. The first-order valence-electron chi connectivity index (χ1n) is 8.69. The average molecular weight is 286 g/mol.